The van der Waals surface area contributed by atoms with Crippen LogP contribution in [0.25, 0.3) is 32.9 Å². The van der Waals surface area contributed by atoms with Crippen LogP contribution in [-0.4, -0.2) is 92.1 Å². The van der Waals surface area contributed by atoms with Crippen molar-refractivity contribution in [2.45, 2.75) is 76.6 Å². The number of nitrogens with one attached hydrogen (secondary N) is 1. The van der Waals surface area contributed by atoms with E-state index in [0.717, 1.165) is 66.4 Å². The van der Waals surface area contributed by atoms with Crippen molar-refractivity contribution in [3.8, 4) is 17.1 Å². The molecule has 4 aromatic rings. The summed E-state index contributed by atoms with van der Waals surface area (Å²) in [7, 11) is 0. The molecule has 49 heavy (non-hydrogen) atoms. The molecule has 256 valence electrons. The highest BCUT2D eigenvalue weighted by molar-refractivity contribution is 6.35. The highest BCUT2D eigenvalue weighted by Gasteiger charge is 2.48. The summed E-state index contributed by atoms with van der Waals surface area (Å²) in [6.45, 7) is 19.0. The van der Waals surface area contributed by atoms with Gasteiger partial charge in [0.1, 0.15) is 23.5 Å². The van der Waals surface area contributed by atoms with Crippen LogP contribution >= 0.6 is 11.6 Å². The van der Waals surface area contributed by atoms with E-state index in [-0.39, 0.29) is 45.8 Å². The molecule has 1 N–H and O–H groups in total. The number of rotatable bonds is 5. The number of benzene rings is 2. The minimum Gasteiger partial charge on any atom is -0.461 e. The molecule has 0 radical (unpaired) electrons. The van der Waals surface area contributed by atoms with E-state index in [0.29, 0.717) is 36.5 Å². The number of carbonyl (C=O) groups excluding carboxylic acids is 1. The van der Waals surface area contributed by atoms with Crippen LogP contribution in [0, 0.1) is 12.7 Å². The van der Waals surface area contributed by atoms with Crippen molar-refractivity contribution in [2.75, 3.05) is 37.7 Å². The van der Waals surface area contributed by atoms with Crippen molar-refractivity contribution in [1.82, 2.24) is 30.0 Å². The van der Waals surface area contributed by atoms with E-state index < -0.39 is 11.4 Å². The largest absolute Gasteiger partial charge is 0.461 e. The molecule has 8 rings (SSSR count). The first-order valence-electron chi connectivity index (χ1n) is 16.9. The van der Waals surface area contributed by atoms with Gasteiger partial charge in [-0.2, -0.15) is 15.1 Å². The molecule has 2 atom stereocenters. The number of anilines is 1. The third kappa shape index (κ3) is 5.42. The summed E-state index contributed by atoms with van der Waals surface area (Å²) < 4.78 is 29.4. The molecule has 1 amide bonds. The zero-order chi connectivity index (χ0) is 34.4. The van der Waals surface area contributed by atoms with Crippen LogP contribution in [0.2, 0.25) is 5.02 Å². The van der Waals surface area contributed by atoms with Crippen LogP contribution in [0.5, 0.6) is 6.01 Å². The lowest BCUT2D eigenvalue weighted by molar-refractivity contribution is 0.0122. The van der Waals surface area contributed by atoms with E-state index in [2.05, 4.69) is 33.2 Å². The fourth-order valence-electron chi connectivity index (χ4n) is 8.49. The standard InChI is InChI=1S/C37H41ClFN7O3/c1-20-12-37(13-21(2)16-45(37)15-20)19-48-34-41-32-25(11-27(38)30(31(32)39)29-22(3)7-10-28-26(29)14-40-43-28)33(42-34)44-17-23-8-9-24(18-44)46(23)35(47)49-36(4,5)6/h7,10-11,14,23-24H,1-2,8-9,12-13,15-19H2,3-6H3,(H,40,43). The molecule has 2 aromatic heterocycles. The molecule has 2 bridgehead atoms. The normalized spacial score (nSPS) is 22.1. The number of aromatic nitrogens is 4. The summed E-state index contributed by atoms with van der Waals surface area (Å²) in [6, 6.07) is 5.54. The second-order valence-electron chi connectivity index (χ2n) is 15.3. The molecule has 4 saturated heterocycles. The van der Waals surface area contributed by atoms with Gasteiger partial charge in [0.2, 0.25) is 0 Å². The third-order valence-electron chi connectivity index (χ3n) is 10.4. The number of amides is 1. The molecule has 4 aliphatic rings. The predicted molar refractivity (Wildman–Crippen MR) is 189 cm³/mol. The van der Waals surface area contributed by atoms with Gasteiger partial charge >= 0.3 is 12.1 Å². The molecule has 0 aliphatic carbocycles. The number of nitrogens with zero attached hydrogens (tertiary/aromatic N) is 6. The minimum atomic E-state index is -0.597. The lowest BCUT2D eigenvalue weighted by Crippen LogP contribution is -2.57. The van der Waals surface area contributed by atoms with E-state index in [1.165, 1.54) is 0 Å². The van der Waals surface area contributed by atoms with E-state index in [9.17, 15) is 4.79 Å². The second kappa shape index (κ2) is 11.4. The maximum absolute atomic E-state index is 17.1. The molecule has 2 aromatic carbocycles. The Morgan fingerprint density at radius 2 is 1.78 bits per heavy atom. The van der Waals surface area contributed by atoms with Gasteiger partial charge in [-0.05, 0) is 71.1 Å². The first-order valence-corrected chi connectivity index (χ1v) is 17.3. The Labute approximate surface area is 289 Å². The van der Waals surface area contributed by atoms with E-state index in [1.54, 1.807) is 12.3 Å². The summed E-state index contributed by atoms with van der Waals surface area (Å²) in [5, 5.41) is 8.68. The van der Waals surface area contributed by atoms with E-state index >= 15 is 4.39 Å². The number of carbonyl (C=O) groups is 1. The Morgan fingerprint density at radius 3 is 2.45 bits per heavy atom. The summed E-state index contributed by atoms with van der Waals surface area (Å²) in [5.41, 5.74) is 4.12. The van der Waals surface area contributed by atoms with Gasteiger partial charge < -0.3 is 14.4 Å². The quantitative estimate of drug-likeness (QED) is 0.220. The number of ether oxygens (including phenoxy) is 2. The monoisotopic (exact) mass is 685 g/mol. The molecule has 4 fully saturated rings. The van der Waals surface area contributed by atoms with Crippen molar-refractivity contribution in [1.29, 1.82) is 0 Å². The van der Waals surface area contributed by atoms with Crippen LogP contribution in [0.3, 0.4) is 0 Å². The highest BCUT2D eigenvalue weighted by Crippen LogP contribution is 2.45. The van der Waals surface area contributed by atoms with Gasteiger partial charge in [-0.1, -0.05) is 42.0 Å². The van der Waals surface area contributed by atoms with E-state index in [4.69, 9.17) is 31.0 Å². The summed E-state index contributed by atoms with van der Waals surface area (Å²) in [6.07, 6.45) is 4.65. The second-order valence-corrected chi connectivity index (χ2v) is 15.7. The molecular formula is C37H41ClFN7O3. The van der Waals surface area contributed by atoms with Gasteiger partial charge in [0.15, 0.2) is 5.82 Å². The number of hydrogen-bond acceptors (Lipinski definition) is 8. The van der Waals surface area contributed by atoms with Gasteiger partial charge in [-0.3, -0.25) is 14.9 Å². The van der Waals surface area contributed by atoms with Gasteiger partial charge in [-0.15, -0.1) is 0 Å². The van der Waals surface area contributed by atoms with Gasteiger partial charge in [-0.25, -0.2) is 9.18 Å². The molecule has 0 spiro atoms. The number of fused-ring (bicyclic) bond motifs is 5. The molecule has 6 heterocycles. The smallest absolute Gasteiger partial charge is 0.410 e. The number of H-pyrrole nitrogens is 1. The third-order valence-corrected chi connectivity index (χ3v) is 10.7. The van der Waals surface area contributed by atoms with E-state index in [1.807, 2.05) is 44.7 Å². The fraction of sp³-hybridized carbons (Fsp3) is 0.459. The van der Waals surface area contributed by atoms with Crippen molar-refractivity contribution in [2.24, 2.45) is 0 Å². The predicted octanol–water partition coefficient (Wildman–Crippen LogP) is 7.20. The lowest BCUT2D eigenvalue weighted by Gasteiger charge is -2.42. The average Bonchev–Trinajstić information content (AvgIpc) is 3.76. The number of aryl methyl sites for hydroxylation is 1. The lowest BCUT2D eigenvalue weighted by atomic mass is 9.92. The van der Waals surface area contributed by atoms with Gasteiger partial charge in [0.05, 0.1) is 34.4 Å². The molecule has 12 heteroatoms. The van der Waals surface area contributed by atoms with Crippen LogP contribution in [0.1, 0.15) is 52.0 Å². The zero-order valence-electron chi connectivity index (χ0n) is 28.4. The van der Waals surface area contributed by atoms with Crippen LogP contribution < -0.4 is 9.64 Å². The summed E-state index contributed by atoms with van der Waals surface area (Å²) in [5.74, 6) is -0.0150. The van der Waals surface area contributed by atoms with Crippen LogP contribution in [0.4, 0.5) is 15.0 Å². The van der Waals surface area contributed by atoms with Crippen molar-refractivity contribution < 1.29 is 18.7 Å². The summed E-state index contributed by atoms with van der Waals surface area (Å²) >= 11 is 7.00. The Balaban J connectivity index is 1.22. The number of hydrogen-bond donors (Lipinski definition) is 1. The number of halogens is 2. The fourth-order valence-corrected chi connectivity index (χ4v) is 8.78. The van der Waals surface area contributed by atoms with Crippen LogP contribution in [0.15, 0.2) is 48.7 Å². The maximum atomic E-state index is 17.1. The molecule has 10 nitrogen and oxygen atoms in total. The average molecular weight is 686 g/mol. The topological polar surface area (TPSA) is 99.7 Å². The van der Waals surface area contributed by atoms with Crippen molar-refractivity contribution >= 4 is 45.3 Å². The SMILES string of the molecule is C=C1CN2CC(=C)CC2(COc2nc(N3CC4CCC(C3)N4C(=O)OC(C)(C)C)c3cc(Cl)c(-c4c(C)ccc5[nH]ncc45)c(F)c3n2)C1. The van der Waals surface area contributed by atoms with Crippen molar-refractivity contribution in [3.05, 3.63) is 65.1 Å². The van der Waals surface area contributed by atoms with Gasteiger partial charge in [0.25, 0.3) is 0 Å². The highest BCUT2D eigenvalue weighted by atomic mass is 35.5. The first-order chi connectivity index (χ1) is 23.3. The minimum absolute atomic E-state index is 0.0784. The molecule has 4 aliphatic heterocycles. The molecular weight excluding hydrogens is 645 g/mol. The first kappa shape index (κ1) is 32.0. The summed E-state index contributed by atoms with van der Waals surface area (Å²) in [4.78, 5) is 29.3. The Kier molecular flexibility index (Phi) is 7.46. The zero-order valence-corrected chi connectivity index (χ0v) is 29.2. The molecule has 0 saturated carbocycles. The molecule has 2 unspecified atom stereocenters. The van der Waals surface area contributed by atoms with Crippen LogP contribution in [-0.2, 0) is 4.74 Å². The number of aromatic amines is 1. The Morgan fingerprint density at radius 1 is 1.08 bits per heavy atom. The Hall–Kier alpha value is -4.22. The van der Waals surface area contributed by atoms with Crippen molar-refractivity contribution in [3.63, 3.8) is 0 Å². The maximum Gasteiger partial charge on any atom is 0.410 e. The van der Waals surface area contributed by atoms with Gasteiger partial charge in [0, 0.05) is 48.1 Å². The number of piperazine rings is 1. The Bertz CT molecular complexity index is 2020.